The van der Waals surface area contributed by atoms with Gasteiger partial charge in [0.2, 0.25) is 5.91 Å². The molecule has 1 fully saturated rings. The number of methoxy groups -OCH3 is 2. The lowest BCUT2D eigenvalue weighted by Gasteiger charge is -2.36. The molecule has 0 saturated heterocycles. The van der Waals surface area contributed by atoms with Crippen molar-refractivity contribution in [3.05, 3.63) is 47.0 Å². The summed E-state index contributed by atoms with van der Waals surface area (Å²) in [6, 6.07) is 10.2. The molecular weight excluding hydrogens is 470 g/mol. The van der Waals surface area contributed by atoms with Gasteiger partial charge >= 0.3 is 6.03 Å². The minimum atomic E-state index is -0.424. The number of hydrogen-bond acceptors (Lipinski definition) is 5. The number of carbonyl (C=O) groups excluding carboxylic acids is 3. The molecule has 2 aromatic carbocycles. The third kappa shape index (κ3) is 5.70. The lowest BCUT2D eigenvalue weighted by molar-refractivity contribution is -0.120. The molecule has 2 aromatic rings. The number of ketones is 1. The van der Waals surface area contributed by atoms with E-state index >= 15 is 0 Å². The van der Waals surface area contributed by atoms with Gasteiger partial charge in [0, 0.05) is 19.0 Å². The quantitative estimate of drug-likeness (QED) is 0.531. The first kappa shape index (κ1) is 24.9. The van der Waals surface area contributed by atoms with Gasteiger partial charge in [-0.1, -0.05) is 55.5 Å². The third-order valence-corrected chi connectivity index (χ3v) is 6.85. The zero-order valence-corrected chi connectivity index (χ0v) is 20.8. The van der Waals surface area contributed by atoms with Gasteiger partial charge in [0.05, 0.1) is 37.2 Å². The summed E-state index contributed by atoms with van der Waals surface area (Å²) in [5.41, 5.74) is 1.91. The second kappa shape index (κ2) is 11.0. The second-order valence-corrected chi connectivity index (χ2v) is 9.39. The first-order valence-electron chi connectivity index (χ1n) is 11.8. The molecule has 0 radical (unpaired) electrons. The Kier molecular flexibility index (Phi) is 7.80. The molecule has 8 nitrogen and oxygen atoms in total. The van der Waals surface area contributed by atoms with Crippen LogP contribution in [-0.4, -0.2) is 49.9 Å². The number of hydrogen-bond donors (Lipinski definition) is 1. The van der Waals surface area contributed by atoms with Gasteiger partial charge in [-0.25, -0.2) is 4.79 Å². The number of benzene rings is 2. The lowest BCUT2D eigenvalue weighted by Crippen LogP contribution is -2.51. The summed E-state index contributed by atoms with van der Waals surface area (Å²) in [7, 11) is 2.96. The van der Waals surface area contributed by atoms with Gasteiger partial charge < -0.3 is 19.7 Å². The number of urea groups is 1. The normalized spacial score (nSPS) is 15.7. The molecule has 9 heteroatoms. The minimum absolute atomic E-state index is 0.0453. The Morgan fingerprint density at radius 3 is 2.49 bits per heavy atom. The van der Waals surface area contributed by atoms with E-state index in [0.717, 1.165) is 18.4 Å². The molecule has 1 N–H and O–H groups in total. The molecule has 1 aliphatic heterocycles. The van der Waals surface area contributed by atoms with Crippen molar-refractivity contribution in [3.8, 4) is 11.5 Å². The highest BCUT2D eigenvalue weighted by Gasteiger charge is 2.33. The average Bonchev–Trinajstić information content (AvgIpc) is 3.34. The fraction of sp³-hybridized carbons (Fsp3) is 0.423. The Balaban J connectivity index is 1.49. The fourth-order valence-corrected chi connectivity index (χ4v) is 5.08. The Bertz CT molecular complexity index is 1120. The molecule has 3 amide bonds. The second-order valence-electron chi connectivity index (χ2n) is 8.98. The zero-order chi connectivity index (χ0) is 24.9. The maximum Gasteiger partial charge on any atom is 0.325 e. The van der Waals surface area contributed by atoms with Gasteiger partial charge in [0.1, 0.15) is 18.0 Å². The number of nitrogens with zero attached hydrogens (tertiary/aromatic N) is 2. The Morgan fingerprint density at radius 1 is 1.06 bits per heavy atom. The van der Waals surface area contributed by atoms with Crippen LogP contribution in [0.2, 0.25) is 5.02 Å². The minimum Gasteiger partial charge on any atom is -0.495 e. The fourth-order valence-electron chi connectivity index (χ4n) is 4.84. The Morgan fingerprint density at radius 2 is 1.77 bits per heavy atom. The summed E-state index contributed by atoms with van der Waals surface area (Å²) >= 11 is 6.22. The molecule has 0 bridgehead atoms. The third-order valence-electron chi connectivity index (χ3n) is 6.55. The largest absolute Gasteiger partial charge is 0.495 e. The van der Waals surface area contributed by atoms with Crippen molar-refractivity contribution in [3.63, 3.8) is 0 Å². The molecule has 4 rings (SSSR count). The molecule has 2 aliphatic rings. The summed E-state index contributed by atoms with van der Waals surface area (Å²) in [6.45, 7) is 0.158. The van der Waals surface area contributed by atoms with Crippen molar-refractivity contribution in [1.82, 2.24) is 4.90 Å². The van der Waals surface area contributed by atoms with Crippen LogP contribution in [0.1, 0.15) is 37.7 Å². The van der Waals surface area contributed by atoms with Crippen LogP contribution in [0.5, 0.6) is 11.5 Å². The van der Waals surface area contributed by atoms with E-state index in [1.54, 1.807) is 6.07 Å². The number of ether oxygens (including phenoxy) is 2. The van der Waals surface area contributed by atoms with Crippen LogP contribution in [0.4, 0.5) is 16.2 Å². The van der Waals surface area contributed by atoms with Gasteiger partial charge in [0.15, 0.2) is 5.78 Å². The number of anilines is 2. The van der Waals surface area contributed by atoms with Crippen molar-refractivity contribution in [1.29, 1.82) is 0 Å². The number of carbonyl (C=O) groups is 3. The van der Waals surface area contributed by atoms with Crippen molar-refractivity contribution in [2.75, 3.05) is 37.5 Å². The first-order valence-corrected chi connectivity index (χ1v) is 12.1. The van der Waals surface area contributed by atoms with E-state index in [4.69, 9.17) is 21.1 Å². The van der Waals surface area contributed by atoms with Crippen LogP contribution in [0.25, 0.3) is 0 Å². The SMILES string of the molecule is COc1cc(OC)c(NC(=O)CN2C(=O)N(CC(=O)CC3CCCC3)Cc3ccccc32)cc1Cl. The van der Waals surface area contributed by atoms with E-state index in [0.29, 0.717) is 46.8 Å². The summed E-state index contributed by atoms with van der Waals surface area (Å²) < 4.78 is 10.5. The van der Waals surface area contributed by atoms with Gasteiger partial charge in [-0.15, -0.1) is 0 Å². The van der Waals surface area contributed by atoms with Gasteiger partial charge in [-0.2, -0.15) is 0 Å². The van der Waals surface area contributed by atoms with E-state index in [2.05, 4.69) is 5.32 Å². The van der Waals surface area contributed by atoms with E-state index in [-0.39, 0.29) is 24.9 Å². The highest BCUT2D eigenvalue weighted by atomic mass is 35.5. The topological polar surface area (TPSA) is 88.2 Å². The number of para-hydroxylation sites is 1. The van der Waals surface area contributed by atoms with Crippen molar-refractivity contribution in [2.45, 2.75) is 38.6 Å². The first-order chi connectivity index (χ1) is 16.9. The molecule has 1 aliphatic carbocycles. The number of fused-ring (bicyclic) bond motifs is 1. The van der Waals surface area contributed by atoms with E-state index in [1.165, 1.54) is 42.9 Å². The van der Waals surface area contributed by atoms with Crippen LogP contribution < -0.4 is 19.7 Å². The summed E-state index contributed by atoms with van der Waals surface area (Å²) in [5, 5.41) is 3.09. The molecule has 186 valence electrons. The van der Waals surface area contributed by atoms with Crippen LogP contribution in [0.15, 0.2) is 36.4 Å². The van der Waals surface area contributed by atoms with E-state index < -0.39 is 5.91 Å². The highest BCUT2D eigenvalue weighted by molar-refractivity contribution is 6.32. The molecule has 0 spiro atoms. The molecule has 1 heterocycles. The number of halogens is 1. The number of rotatable bonds is 9. The molecule has 0 aromatic heterocycles. The molecular formula is C26H30ClN3O5. The van der Waals surface area contributed by atoms with E-state index in [1.807, 2.05) is 24.3 Å². The Labute approximate surface area is 210 Å². The summed E-state index contributed by atoms with van der Waals surface area (Å²) in [6.07, 6.45) is 4.99. The molecule has 1 saturated carbocycles. The van der Waals surface area contributed by atoms with Crippen LogP contribution in [0.3, 0.4) is 0 Å². The van der Waals surface area contributed by atoms with E-state index in [9.17, 15) is 14.4 Å². The molecule has 0 unspecified atom stereocenters. The molecule has 0 atom stereocenters. The van der Waals surface area contributed by atoms with Crippen LogP contribution >= 0.6 is 11.6 Å². The standard InChI is InChI=1S/C26H30ClN3O5/c1-34-23-13-24(35-2)21(12-20(23)27)28-25(32)16-30-22-10-6-5-9-18(22)14-29(26(30)33)15-19(31)11-17-7-3-4-8-17/h5-6,9-10,12-13,17H,3-4,7-8,11,14-16H2,1-2H3,(H,28,32). The van der Waals surface area contributed by atoms with Crippen molar-refractivity contribution in [2.24, 2.45) is 5.92 Å². The van der Waals surface area contributed by atoms with Crippen LogP contribution in [-0.2, 0) is 16.1 Å². The van der Waals surface area contributed by atoms with Crippen molar-refractivity contribution >= 4 is 40.7 Å². The average molecular weight is 500 g/mol. The zero-order valence-electron chi connectivity index (χ0n) is 20.0. The van der Waals surface area contributed by atoms with Gasteiger partial charge in [-0.05, 0) is 23.6 Å². The molecule has 35 heavy (non-hydrogen) atoms. The lowest BCUT2D eigenvalue weighted by atomic mass is 10.0. The number of nitrogens with one attached hydrogen (secondary N) is 1. The van der Waals surface area contributed by atoms with Crippen molar-refractivity contribution < 1.29 is 23.9 Å². The maximum atomic E-state index is 13.4. The highest BCUT2D eigenvalue weighted by Crippen LogP contribution is 2.36. The van der Waals surface area contributed by atoms with Gasteiger partial charge in [-0.3, -0.25) is 14.5 Å². The van der Waals surface area contributed by atoms with Crippen LogP contribution in [0, 0.1) is 5.92 Å². The smallest absolute Gasteiger partial charge is 0.325 e. The number of Topliss-reactive ketones (excluding diaryl/α,β-unsaturated/α-hetero) is 1. The summed E-state index contributed by atoms with van der Waals surface area (Å²) in [5.74, 6) is 0.852. The predicted molar refractivity (Wildman–Crippen MR) is 134 cm³/mol. The monoisotopic (exact) mass is 499 g/mol. The Hall–Kier alpha value is -3.26. The predicted octanol–water partition coefficient (Wildman–Crippen LogP) is 4.89. The van der Waals surface area contributed by atoms with Gasteiger partial charge in [0.25, 0.3) is 0 Å². The number of amides is 3. The maximum absolute atomic E-state index is 13.4. The summed E-state index contributed by atoms with van der Waals surface area (Å²) in [4.78, 5) is 42.0.